The molecule has 4 aromatic rings. The lowest BCUT2D eigenvalue weighted by Crippen LogP contribution is -2.20. The van der Waals surface area contributed by atoms with Crippen molar-refractivity contribution in [1.82, 2.24) is 0 Å². The van der Waals surface area contributed by atoms with Crippen molar-refractivity contribution in [2.45, 2.75) is 6.92 Å². The summed E-state index contributed by atoms with van der Waals surface area (Å²) in [6.07, 6.45) is 0. The molecule has 7 heteroatoms. The molecule has 5 nitrogen and oxygen atoms in total. The van der Waals surface area contributed by atoms with Gasteiger partial charge in [-0.2, -0.15) is 0 Å². The second-order valence-corrected chi connectivity index (χ2v) is 7.77. The van der Waals surface area contributed by atoms with Gasteiger partial charge < -0.3 is 14.5 Å². The van der Waals surface area contributed by atoms with E-state index in [2.05, 4.69) is 5.32 Å². The number of amides is 1. The van der Waals surface area contributed by atoms with Crippen LogP contribution in [0.5, 0.6) is 5.75 Å². The fourth-order valence-corrected chi connectivity index (χ4v) is 3.69. The fourth-order valence-electron chi connectivity index (χ4n) is 3.18. The summed E-state index contributed by atoms with van der Waals surface area (Å²) < 4.78 is 10.9. The molecule has 0 spiro atoms. The fraction of sp³-hybridized carbons (Fsp3) is 0.0833. The molecular weight excluding hydrogens is 437 g/mol. The highest BCUT2D eigenvalue weighted by Crippen LogP contribution is 2.30. The average Bonchev–Trinajstić information content (AvgIpc) is 2.73. The summed E-state index contributed by atoms with van der Waals surface area (Å²) in [6.45, 7) is 1.68. The van der Waals surface area contributed by atoms with E-state index in [1.165, 1.54) is 0 Å². The van der Waals surface area contributed by atoms with E-state index >= 15 is 0 Å². The lowest BCUT2D eigenvalue weighted by molar-refractivity contribution is -0.118. The van der Waals surface area contributed by atoms with Crippen LogP contribution in [0.15, 0.2) is 75.9 Å². The number of fused-ring (bicyclic) bond motifs is 1. The van der Waals surface area contributed by atoms with Gasteiger partial charge in [-0.3, -0.25) is 4.79 Å². The van der Waals surface area contributed by atoms with Gasteiger partial charge in [0.1, 0.15) is 11.3 Å². The third-order valence-electron chi connectivity index (χ3n) is 4.68. The van der Waals surface area contributed by atoms with Crippen LogP contribution in [0.3, 0.4) is 0 Å². The van der Waals surface area contributed by atoms with Gasteiger partial charge in [-0.25, -0.2) is 4.79 Å². The summed E-state index contributed by atoms with van der Waals surface area (Å²) in [4.78, 5) is 24.7. The van der Waals surface area contributed by atoms with E-state index in [1.807, 2.05) is 19.1 Å². The van der Waals surface area contributed by atoms with Gasteiger partial charge >= 0.3 is 5.63 Å². The van der Waals surface area contributed by atoms with Crippen LogP contribution in [0.1, 0.15) is 5.56 Å². The molecule has 3 aromatic carbocycles. The third-order valence-corrected chi connectivity index (χ3v) is 5.23. The van der Waals surface area contributed by atoms with Gasteiger partial charge in [-0.1, -0.05) is 47.5 Å². The number of aryl methyl sites for hydroxylation is 1. The Kier molecular flexibility index (Phi) is 5.98. The van der Waals surface area contributed by atoms with E-state index in [-0.39, 0.29) is 12.5 Å². The zero-order valence-electron chi connectivity index (χ0n) is 16.4. The maximum atomic E-state index is 12.4. The van der Waals surface area contributed by atoms with E-state index < -0.39 is 5.63 Å². The Morgan fingerprint density at radius 2 is 1.81 bits per heavy atom. The molecule has 0 bridgehead atoms. The Hall–Kier alpha value is -3.28. The molecule has 1 N–H and O–H groups in total. The first-order valence-corrected chi connectivity index (χ1v) is 10.2. The number of hydrogen-bond acceptors (Lipinski definition) is 4. The highest BCUT2D eigenvalue weighted by molar-refractivity contribution is 6.33. The van der Waals surface area contributed by atoms with E-state index in [0.29, 0.717) is 38.2 Å². The van der Waals surface area contributed by atoms with Crippen molar-refractivity contribution in [1.29, 1.82) is 0 Å². The number of benzene rings is 3. The number of hydrogen-bond donors (Lipinski definition) is 1. The molecule has 1 heterocycles. The van der Waals surface area contributed by atoms with Gasteiger partial charge in [0.15, 0.2) is 6.61 Å². The third kappa shape index (κ3) is 4.74. The number of nitrogens with one attached hydrogen (secondary N) is 1. The summed E-state index contributed by atoms with van der Waals surface area (Å²) in [5.41, 5.74) is 2.22. The second-order valence-electron chi connectivity index (χ2n) is 6.93. The number of anilines is 1. The first-order valence-electron chi connectivity index (χ1n) is 9.42. The number of carbonyl (C=O) groups excluding carboxylic acids is 1. The highest BCUT2D eigenvalue weighted by atomic mass is 35.5. The molecule has 4 rings (SSSR count). The molecule has 0 radical (unpaired) electrons. The van der Waals surface area contributed by atoms with Crippen molar-refractivity contribution in [3.05, 3.63) is 92.8 Å². The lowest BCUT2D eigenvalue weighted by Gasteiger charge is -2.11. The van der Waals surface area contributed by atoms with Crippen molar-refractivity contribution in [2.75, 3.05) is 11.9 Å². The van der Waals surface area contributed by atoms with Crippen molar-refractivity contribution < 1.29 is 13.9 Å². The minimum Gasteiger partial charge on any atom is -0.483 e. The molecule has 0 atom stereocenters. The molecule has 31 heavy (non-hydrogen) atoms. The molecule has 156 valence electrons. The predicted molar refractivity (Wildman–Crippen MR) is 123 cm³/mol. The molecule has 0 fully saturated rings. The van der Waals surface area contributed by atoms with Crippen molar-refractivity contribution >= 4 is 45.8 Å². The quantitative estimate of drug-likeness (QED) is 0.371. The SMILES string of the molecule is Cc1cc(Cl)ccc1OCC(=O)Nc1ccc(-c2cc3ccccc3oc2=O)c(Cl)c1. The lowest BCUT2D eigenvalue weighted by atomic mass is 10.1. The summed E-state index contributed by atoms with van der Waals surface area (Å²) in [6, 6.07) is 19.1. The second kappa shape index (κ2) is 8.84. The monoisotopic (exact) mass is 453 g/mol. The standard InChI is InChI=1S/C24H17Cl2NO4/c1-14-10-16(25)6-9-21(14)30-13-23(28)27-17-7-8-18(20(26)12-17)19-11-15-4-2-3-5-22(15)31-24(19)29/h2-12H,13H2,1H3,(H,27,28). The van der Waals surface area contributed by atoms with Crippen molar-refractivity contribution in [2.24, 2.45) is 0 Å². The normalized spacial score (nSPS) is 10.8. The molecule has 0 aliphatic rings. The molecule has 0 unspecified atom stereocenters. The predicted octanol–water partition coefficient (Wildman–Crippen LogP) is 6.09. The summed E-state index contributed by atoms with van der Waals surface area (Å²) in [5, 5.41) is 4.44. The number of ether oxygens (including phenoxy) is 1. The highest BCUT2D eigenvalue weighted by Gasteiger charge is 2.13. The van der Waals surface area contributed by atoms with Crippen molar-refractivity contribution in [3.8, 4) is 16.9 Å². The van der Waals surface area contributed by atoms with Gasteiger partial charge in [-0.15, -0.1) is 0 Å². The van der Waals surface area contributed by atoms with E-state index in [4.69, 9.17) is 32.4 Å². The van der Waals surface area contributed by atoms with Crippen LogP contribution in [-0.4, -0.2) is 12.5 Å². The smallest absolute Gasteiger partial charge is 0.344 e. The van der Waals surface area contributed by atoms with Crippen LogP contribution in [0.2, 0.25) is 10.0 Å². The minimum atomic E-state index is -0.482. The van der Waals surface area contributed by atoms with Gasteiger partial charge in [0.05, 0.1) is 10.6 Å². The van der Waals surface area contributed by atoms with E-state index in [0.717, 1.165) is 10.9 Å². The molecule has 0 saturated carbocycles. The largest absolute Gasteiger partial charge is 0.483 e. The minimum absolute atomic E-state index is 0.171. The molecule has 1 amide bonds. The zero-order valence-corrected chi connectivity index (χ0v) is 18.0. The summed E-state index contributed by atoms with van der Waals surface area (Å²) in [7, 11) is 0. The van der Waals surface area contributed by atoms with Crippen LogP contribution in [0.4, 0.5) is 5.69 Å². The zero-order chi connectivity index (χ0) is 22.0. The van der Waals surface area contributed by atoms with E-state index in [9.17, 15) is 9.59 Å². The topological polar surface area (TPSA) is 68.5 Å². The maximum absolute atomic E-state index is 12.4. The Morgan fingerprint density at radius 1 is 1.00 bits per heavy atom. The first kappa shape index (κ1) is 21.0. The molecular formula is C24H17Cl2NO4. The van der Waals surface area contributed by atoms with Gasteiger partial charge in [0.25, 0.3) is 5.91 Å². The van der Waals surface area contributed by atoms with Gasteiger partial charge in [-0.05, 0) is 55.0 Å². The Labute approximate surface area is 188 Å². The van der Waals surface area contributed by atoms with Crippen LogP contribution in [0, 0.1) is 6.92 Å². The van der Waals surface area contributed by atoms with Gasteiger partial charge in [0, 0.05) is 21.7 Å². The molecule has 0 saturated heterocycles. The van der Waals surface area contributed by atoms with Crippen LogP contribution in [0.25, 0.3) is 22.1 Å². The summed E-state index contributed by atoms with van der Waals surface area (Å²) >= 11 is 12.3. The van der Waals surface area contributed by atoms with Crippen LogP contribution < -0.4 is 15.7 Å². The summed E-state index contributed by atoms with van der Waals surface area (Å²) in [5.74, 6) is 0.236. The Bertz CT molecular complexity index is 1350. The van der Waals surface area contributed by atoms with Crippen molar-refractivity contribution in [3.63, 3.8) is 0 Å². The number of rotatable bonds is 5. The molecule has 1 aromatic heterocycles. The molecule has 0 aliphatic heterocycles. The maximum Gasteiger partial charge on any atom is 0.344 e. The molecule has 0 aliphatic carbocycles. The number of para-hydroxylation sites is 1. The van der Waals surface area contributed by atoms with Gasteiger partial charge in [0.2, 0.25) is 0 Å². The van der Waals surface area contributed by atoms with Crippen LogP contribution in [-0.2, 0) is 4.79 Å². The first-order chi connectivity index (χ1) is 14.9. The van der Waals surface area contributed by atoms with E-state index in [1.54, 1.807) is 54.6 Å². The van der Waals surface area contributed by atoms with Crippen LogP contribution >= 0.6 is 23.2 Å². The Morgan fingerprint density at radius 3 is 2.58 bits per heavy atom. The average molecular weight is 454 g/mol. The number of halogens is 2. The number of carbonyl (C=O) groups is 1. The Balaban J connectivity index is 1.49.